The number of aliphatic carboxylic acids is 2. The number of carbonyl (C=O) groups excluding carboxylic acids is 4. The molecule has 0 saturated carbocycles. The molecule has 0 aliphatic heterocycles. The second kappa shape index (κ2) is 18.8. The summed E-state index contributed by atoms with van der Waals surface area (Å²) in [6.07, 6.45) is -5.62. The monoisotopic (exact) mass is 854 g/mol. The number of primary amides is 2. The highest BCUT2D eigenvalue weighted by Crippen LogP contribution is 2.46. The number of benzene rings is 4. The molecule has 17 heteroatoms. The Kier molecular flexibility index (Phi) is 14.0. The van der Waals surface area contributed by atoms with Crippen molar-refractivity contribution in [2.75, 3.05) is 13.2 Å². The predicted octanol–water partition coefficient (Wildman–Crippen LogP) is 4.68. The molecule has 6 rings (SSSR count). The van der Waals surface area contributed by atoms with Gasteiger partial charge in [-0.2, -0.15) is 0 Å². The minimum Gasteiger partial charge on any atom is -0.480 e. The number of hydrogen-bond acceptors (Lipinski definition) is 10. The van der Waals surface area contributed by atoms with Gasteiger partial charge in [-0.05, 0) is 62.6 Å². The molecule has 0 radical (unpaired) electrons. The number of carbonyl (C=O) groups is 6. The van der Waals surface area contributed by atoms with Crippen molar-refractivity contribution in [3.05, 3.63) is 119 Å². The summed E-state index contributed by atoms with van der Waals surface area (Å²) in [5.74, 6) is -5.65. The Morgan fingerprint density at radius 1 is 0.607 bits per heavy atom. The topological polar surface area (TPSA) is 267 Å². The second-order valence-corrected chi connectivity index (χ2v) is 20.9. The van der Waals surface area contributed by atoms with Crippen molar-refractivity contribution in [3.63, 3.8) is 0 Å². The maximum absolute atomic E-state index is 12.6. The molecule has 4 atom stereocenters. The highest BCUT2D eigenvalue weighted by molar-refractivity contribution is 6.74. The Bertz CT molecular complexity index is 2220. The first-order valence-corrected chi connectivity index (χ1v) is 22.3. The first kappa shape index (κ1) is 45.5. The van der Waals surface area contributed by atoms with Crippen LogP contribution in [-0.4, -0.2) is 97.1 Å². The van der Waals surface area contributed by atoms with Crippen molar-refractivity contribution in [1.29, 1.82) is 0 Å². The molecule has 322 valence electrons. The van der Waals surface area contributed by atoms with Gasteiger partial charge in [-0.3, -0.25) is 9.59 Å². The lowest BCUT2D eigenvalue weighted by atomic mass is 9.98. The summed E-state index contributed by atoms with van der Waals surface area (Å²) in [4.78, 5) is 70.9. The number of alkyl carbamates (subject to hydrolysis) is 2. The Morgan fingerprint density at radius 2 is 0.934 bits per heavy atom. The molecule has 4 aromatic carbocycles. The molecule has 0 heterocycles. The summed E-state index contributed by atoms with van der Waals surface area (Å²) in [5.41, 5.74) is 18.7. The molecule has 2 aliphatic carbocycles. The van der Waals surface area contributed by atoms with Gasteiger partial charge in [0.2, 0.25) is 11.8 Å². The van der Waals surface area contributed by atoms with E-state index in [-0.39, 0.29) is 30.1 Å². The minimum absolute atomic E-state index is 0.0104. The number of amides is 4. The predicted molar refractivity (Wildman–Crippen MR) is 226 cm³/mol. The number of carboxylic acid groups (broad SMARTS) is 2. The van der Waals surface area contributed by atoms with Crippen molar-refractivity contribution in [1.82, 2.24) is 10.6 Å². The van der Waals surface area contributed by atoms with Crippen LogP contribution in [0.4, 0.5) is 9.59 Å². The summed E-state index contributed by atoms with van der Waals surface area (Å²) in [7, 11) is -2.57. The average Bonchev–Trinajstić information content (AvgIpc) is 3.71. The molecule has 2 aliphatic rings. The van der Waals surface area contributed by atoms with Gasteiger partial charge in [0.05, 0.1) is 0 Å². The van der Waals surface area contributed by atoms with E-state index in [0.717, 1.165) is 44.5 Å². The molecule has 0 spiro atoms. The van der Waals surface area contributed by atoms with Crippen LogP contribution >= 0.6 is 0 Å². The lowest BCUT2D eigenvalue weighted by Crippen LogP contribution is -2.59. The number of aliphatic hydroxyl groups is 1. The molecular weight excluding hydrogens is 805 g/mol. The number of fused-ring (bicyclic) bond motifs is 6. The van der Waals surface area contributed by atoms with Crippen molar-refractivity contribution in [2.24, 2.45) is 11.5 Å². The average molecular weight is 855 g/mol. The summed E-state index contributed by atoms with van der Waals surface area (Å²) < 4.78 is 16.6. The van der Waals surface area contributed by atoms with Crippen molar-refractivity contribution < 1.29 is 58.0 Å². The van der Waals surface area contributed by atoms with E-state index in [1.165, 1.54) is 0 Å². The van der Waals surface area contributed by atoms with E-state index < -0.39 is 68.5 Å². The van der Waals surface area contributed by atoms with Gasteiger partial charge in [0.25, 0.3) is 0 Å². The Labute approximate surface area is 353 Å². The van der Waals surface area contributed by atoms with Crippen LogP contribution in [0.25, 0.3) is 22.3 Å². The molecule has 16 nitrogen and oxygen atoms in total. The van der Waals surface area contributed by atoms with E-state index in [0.29, 0.717) is 0 Å². The normalized spacial score (nSPS) is 14.9. The number of rotatable bonds is 14. The fraction of sp³-hybridized carbons (Fsp3) is 0.318. The van der Waals surface area contributed by atoms with E-state index in [4.69, 9.17) is 30.5 Å². The van der Waals surface area contributed by atoms with Crippen LogP contribution in [0.2, 0.25) is 18.1 Å². The first-order valence-electron chi connectivity index (χ1n) is 19.4. The zero-order valence-corrected chi connectivity index (χ0v) is 35.3. The largest absolute Gasteiger partial charge is 0.480 e. The molecule has 61 heavy (non-hydrogen) atoms. The van der Waals surface area contributed by atoms with E-state index in [2.05, 4.69) is 5.32 Å². The Balaban J connectivity index is 0.000000237. The van der Waals surface area contributed by atoms with Crippen molar-refractivity contribution in [3.8, 4) is 22.3 Å². The quantitative estimate of drug-likeness (QED) is 0.0853. The van der Waals surface area contributed by atoms with Crippen molar-refractivity contribution >= 4 is 44.3 Å². The number of nitrogens with two attached hydrogens (primary N) is 2. The highest BCUT2D eigenvalue weighted by atomic mass is 28.4. The van der Waals surface area contributed by atoms with Gasteiger partial charge in [0, 0.05) is 11.8 Å². The van der Waals surface area contributed by atoms with Crippen LogP contribution in [0.15, 0.2) is 97.1 Å². The third-order valence-electron chi connectivity index (χ3n) is 11.2. The fourth-order valence-corrected chi connectivity index (χ4v) is 8.27. The lowest BCUT2D eigenvalue weighted by molar-refractivity contribution is -0.146. The van der Waals surface area contributed by atoms with Crippen LogP contribution < -0.4 is 22.1 Å². The van der Waals surface area contributed by atoms with Crippen LogP contribution in [0.1, 0.15) is 54.9 Å². The van der Waals surface area contributed by atoms with Gasteiger partial charge < -0.3 is 51.3 Å². The Morgan fingerprint density at radius 3 is 1.23 bits per heavy atom. The molecular formula is C44H50N4O12Si. The number of carboxylic acids is 2. The fourth-order valence-electron chi connectivity index (χ4n) is 7.03. The number of aliphatic hydroxyl groups excluding tert-OH is 1. The molecule has 4 amide bonds. The third-order valence-corrected chi connectivity index (χ3v) is 15.6. The van der Waals surface area contributed by atoms with Gasteiger partial charge in [0.1, 0.15) is 13.2 Å². The van der Waals surface area contributed by atoms with Gasteiger partial charge >= 0.3 is 24.1 Å². The van der Waals surface area contributed by atoms with Gasteiger partial charge in [-0.15, -0.1) is 0 Å². The van der Waals surface area contributed by atoms with Gasteiger partial charge in [-0.25, -0.2) is 19.2 Å². The molecule has 0 fully saturated rings. The highest BCUT2D eigenvalue weighted by Gasteiger charge is 2.45. The molecule has 0 saturated heterocycles. The van der Waals surface area contributed by atoms with Crippen LogP contribution in [0.3, 0.4) is 0 Å². The minimum atomic E-state index is -2.57. The SMILES string of the molecule is CC(C)(C)[Si](C)(C)OC(C(N)=O)[C@H](NC(=O)OCC1c2ccccc2-c2ccccc21)C(=O)O.NC(=O)C(O)[C@H](NC(=O)OCC1c2ccccc2-c2ccccc21)C(=O)O. The standard InChI is InChI=1S/C25H32N2O6Si.C19H18N2O6/c1-25(2,3)34(4,5)33-21(22(26)28)20(23(29)30)27-24(31)32-14-19-17-12-8-6-10-15(17)16-11-7-9-13-18(16)19;20-17(23)16(22)15(18(24)25)21-19(26)27-9-14-12-7-3-1-5-10(12)11-6-2-4-8-13(11)14/h6-13,19-21H,14H2,1-5H3,(H2,26,28)(H,27,31)(H,29,30);1-8,14-16,22H,9H2,(H2,20,23)(H,21,26)(H,24,25)/t20-,21?;15-,16?/m00/s1. The van der Waals surface area contributed by atoms with Crippen LogP contribution in [-0.2, 0) is 33.1 Å². The zero-order valence-electron chi connectivity index (χ0n) is 34.3. The van der Waals surface area contributed by atoms with E-state index in [9.17, 15) is 39.0 Å². The molecule has 0 aromatic heterocycles. The van der Waals surface area contributed by atoms with Crippen LogP contribution in [0, 0.1) is 0 Å². The summed E-state index contributed by atoms with van der Waals surface area (Å²) in [6, 6.07) is 27.7. The molecule has 0 bridgehead atoms. The third kappa shape index (κ3) is 10.3. The zero-order chi connectivity index (χ0) is 44.8. The molecule has 9 N–H and O–H groups in total. The van der Waals surface area contributed by atoms with Gasteiger partial charge in [0.15, 0.2) is 32.6 Å². The van der Waals surface area contributed by atoms with E-state index in [1.807, 2.05) is 136 Å². The van der Waals surface area contributed by atoms with Crippen LogP contribution in [0.5, 0.6) is 0 Å². The summed E-state index contributed by atoms with van der Waals surface area (Å²) >= 11 is 0. The summed E-state index contributed by atoms with van der Waals surface area (Å²) in [6.45, 7) is 9.57. The van der Waals surface area contributed by atoms with E-state index >= 15 is 0 Å². The number of ether oxygens (including phenoxy) is 2. The molecule has 2 unspecified atom stereocenters. The maximum Gasteiger partial charge on any atom is 0.407 e. The van der Waals surface area contributed by atoms with E-state index in [1.54, 1.807) is 0 Å². The smallest absolute Gasteiger partial charge is 0.407 e. The lowest BCUT2D eigenvalue weighted by Gasteiger charge is -2.39. The van der Waals surface area contributed by atoms with Gasteiger partial charge in [-0.1, -0.05) is 118 Å². The molecule has 4 aromatic rings. The first-order chi connectivity index (χ1) is 28.7. The Hall–Kier alpha value is -6.56. The van der Waals surface area contributed by atoms with Crippen molar-refractivity contribution in [2.45, 2.75) is 75.0 Å². The summed E-state index contributed by atoms with van der Waals surface area (Å²) in [5, 5.41) is 32.2. The second-order valence-electron chi connectivity index (χ2n) is 16.1. The maximum atomic E-state index is 12.6. The number of nitrogens with one attached hydrogen (secondary N) is 2. The number of hydrogen-bond donors (Lipinski definition) is 7.